The van der Waals surface area contributed by atoms with Gasteiger partial charge in [0.1, 0.15) is 11.6 Å². The Morgan fingerprint density at radius 1 is 1.04 bits per heavy atom. The van der Waals surface area contributed by atoms with Gasteiger partial charge in [0.25, 0.3) is 0 Å². The number of hydrazine groups is 2. The zero-order valence-corrected chi connectivity index (χ0v) is 14.5. The summed E-state index contributed by atoms with van der Waals surface area (Å²) in [5.74, 6) is 11.8. The summed E-state index contributed by atoms with van der Waals surface area (Å²) in [5.41, 5.74) is 4.81. The smallest absolute Gasteiger partial charge is 0.205 e. The lowest BCUT2D eigenvalue weighted by Gasteiger charge is -1.95. The minimum Gasteiger partial charge on any atom is -0.353 e. The predicted molar refractivity (Wildman–Crippen MR) is 95.1 cm³/mol. The molecule has 10 heteroatoms. The van der Waals surface area contributed by atoms with Crippen molar-refractivity contribution < 1.29 is 9.59 Å². The van der Waals surface area contributed by atoms with Crippen molar-refractivity contribution in [1.29, 1.82) is 0 Å². The van der Waals surface area contributed by atoms with E-state index in [-0.39, 0.29) is 11.6 Å². The van der Waals surface area contributed by atoms with Gasteiger partial charge in [0.15, 0.2) is 0 Å². The lowest BCUT2D eigenvalue weighted by molar-refractivity contribution is -0.119. The maximum absolute atomic E-state index is 10.7. The van der Waals surface area contributed by atoms with Crippen molar-refractivity contribution in [2.24, 2.45) is 21.7 Å². The predicted octanol–water partition coefficient (Wildman–Crippen LogP) is -1.46. The van der Waals surface area contributed by atoms with E-state index >= 15 is 0 Å². The first-order valence-electron chi connectivity index (χ1n) is 8.04. The summed E-state index contributed by atoms with van der Waals surface area (Å²) < 4.78 is 0. The normalized spacial score (nSPS) is 14.5. The molecule has 0 saturated carbocycles. The Bertz CT molecular complexity index is 412. The second-order valence-electron chi connectivity index (χ2n) is 5.05. The van der Waals surface area contributed by atoms with Gasteiger partial charge in [-0.1, -0.05) is 6.92 Å². The SMILES string of the molecule is CCC(=O)CCCC(C)=O.NNC1=NCCN1.NNC1=NCCN1. The number of rotatable bonds is 5. The van der Waals surface area contributed by atoms with Gasteiger partial charge in [-0.2, -0.15) is 0 Å². The van der Waals surface area contributed by atoms with Gasteiger partial charge in [-0.25, -0.2) is 11.7 Å². The number of aliphatic imine (C=N–C) groups is 2. The second-order valence-corrected chi connectivity index (χ2v) is 5.05. The van der Waals surface area contributed by atoms with Crippen LogP contribution < -0.4 is 33.2 Å². The summed E-state index contributed by atoms with van der Waals surface area (Å²) in [6.07, 6.45) is 2.43. The summed E-state index contributed by atoms with van der Waals surface area (Å²) in [5, 5.41) is 5.84. The minimum absolute atomic E-state index is 0.170. The molecule has 0 fully saturated rings. The first-order chi connectivity index (χ1) is 11.5. The number of guanidine groups is 2. The highest BCUT2D eigenvalue weighted by atomic mass is 16.1. The van der Waals surface area contributed by atoms with Crippen LogP contribution in [0.3, 0.4) is 0 Å². The average molecular weight is 342 g/mol. The molecule has 0 saturated heterocycles. The van der Waals surface area contributed by atoms with Gasteiger partial charge in [-0.15, -0.1) is 0 Å². The van der Waals surface area contributed by atoms with E-state index in [9.17, 15) is 9.59 Å². The van der Waals surface area contributed by atoms with Crippen LogP contribution in [0.2, 0.25) is 0 Å². The number of carbonyl (C=O) groups is 2. The molecule has 10 nitrogen and oxygen atoms in total. The Hall–Kier alpha value is -2.20. The standard InChI is InChI=1S/C8H14O2.2C3H8N4/c1-3-8(10)6-4-5-7(2)9;2*4-7-3-5-1-2-6-3/h3-6H2,1-2H3;2*1-2,4H2,(H2,5,6,7). The van der Waals surface area contributed by atoms with Crippen molar-refractivity contribution in [2.75, 3.05) is 26.2 Å². The average Bonchev–Trinajstić information content (AvgIpc) is 3.28. The molecule has 0 aromatic carbocycles. The van der Waals surface area contributed by atoms with E-state index in [1.54, 1.807) is 6.92 Å². The van der Waals surface area contributed by atoms with Crippen LogP contribution in [0.1, 0.15) is 39.5 Å². The molecule has 2 aliphatic rings. The van der Waals surface area contributed by atoms with Crippen molar-refractivity contribution in [1.82, 2.24) is 21.5 Å². The highest BCUT2D eigenvalue weighted by Gasteiger charge is 2.00. The zero-order chi connectivity index (χ0) is 18.2. The highest BCUT2D eigenvalue weighted by molar-refractivity contribution is 5.81. The van der Waals surface area contributed by atoms with Crippen LogP contribution in [0.15, 0.2) is 9.98 Å². The monoisotopic (exact) mass is 342 g/mol. The number of hydrogen-bond acceptors (Lipinski definition) is 10. The molecule has 24 heavy (non-hydrogen) atoms. The Morgan fingerprint density at radius 2 is 1.54 bits per heavy atom. The van der Waals surface area contributed by atoms with Crippen molar-refractivity contribution in [3.05, 3.63) is 0 Å². The molecular weight excluding hydrogens is 312 g/mol. The molecule has 0 bridgehead atoms. The summed E-state index contributed by atoms with van der Waals surface area (Å²) in [7, 11) is 0. The fourth-order valence-electron chi connectivity index (χ4n) is 1.70. The molecule has 0 atom stereocenters. The van der Waals surface area contributed by atoms with Gasteiger partial charge in [-0.05, 0) is 13.3 Å². The molecule has 0 aromatic rings. The number of hydrogen-bond donors (Lipinski definition) is 6. The molecule has 0 unspecified atom stereocenters. The van der Waals surface area contributed by atoms with Gasteiger partial charge >= 0.3 is 0 Å². The van der Waals surface area contributed by atoms with Crippen LogP contribution in [0.4, 0.5) is 0 Å². The van der Waals surface area contributed by atoms with Gasteiger partial charge in [0, 0.05) is 32.4 Å². The Morgan fingerprint density at radius 3 is 1.79 bits per heavy atom. The maximum atomic E-state index is 10.7. The van der Waals surface area contributed by atoms with Gasteiger partial charge in [0.2, 0.25) is 11.9 Å². The van der Waals surface area contributed by atoms with Crippen molar-refractivity contribution >= 4 is 23.5 Å². The summed E-state index contributed by atoms with van der Waals surface area (Å²) in [6.45, 7) is 6.87. The molecule has 8 N–H and O–H groups in total. The topological polar surface area (TPSA) is 159 Å². The van der Waals surface area contributed by atoms with Crippen LogP contribution in [-0.4, -0.2) is 49.7 Å². The van der Waals surface area contributed by atoms with Crippen LogP contribution in [0, 0.1) is 0 Å². The molecule has 138 valence electrons. The van der Waals surface area contributed by atoms with Crippen LogP contribution in [-0.2, 0) is 9.59 Å². The van der Waals surface area contributed by atoms with Crippen LogP contribution in [0.25, 0.3) is 0 Å². The zero-order valence-electron chi connectivity index (χ0n) is 14.5. The number of ketones is 2. The van der Waals surface area contributed by atoms with Gasteiger partial charge < -0.3 is 15.4 Å². The van der Waals surface area contributed by atoms with E-state index in [4.69, 9.17) is 11.7 Å². The molecule has 2 heterocycles. The van der Waals surface area contributed by atoms with E-state index < -0.39 is 0 Å². The summed E-state index contributed by atoms with van der Waals surface area (Å²) in [6, 6.07) is 0. The Balaban J connectivity index is 0.000000337. The number of Topliss-reactive ketones (excluding diaryl/α,β-unsaturated/α-hetero) is 2. The third-order valence-electron chi connectivity index (χ3n) is 3.00. The largest absolute Gasteiger partial charge is 0.353 e. The Kier molecular flexibility index (Phi) is 13.1. The third kappa shape index (κ3) is 12.4. The quantitative estimate of drug-likeness (QED) is 0.261. The molecule has 0 aromatic heterocycles. The second kappa shape index (κ2) is 14.4. The van der Waals surface area contributed by atoms with E-state index in [0.717, 1.165) is 32.6 Å². The third-order valence-corrected chi connectivity index (χ3v) is 3.00. The van der Waals surface area contributed by atoms with E-state index in [0.29, 0.717) is 31.2 Å². The minimum atomic E-state index is 0.170. The molecular formula is C14H30N8O2. The first-order valence-corrected chi connectivity index (χ1v) is 8.04. The summed E-state index contributed by atoms with van der Waals surface area (Å²) >= 11 is 0. The lowest BCUT2D eigenvalue weighted by Crippen LogP contribution is -2.38. The van der Waals surface area contributed by atoms with Crippen LogP contribution >= 0.6 is 0 Å². The highest BCUT2D eigenvalue weighted by Crippen LogP contribution is 1.98. The molecule has 2 aliphatic heterocycles. The van der Waals surface area contributed by atoms with E-state index in [1.807, 2.05) is 6.92 Å². The van der Waals surface area contributed by atoms with Gasteiger partial charge in [-0.3, -0.25) is 25.6 Å². The van der Waals surface area contributed by atoms with Crippen molar-refractivity contribution in [2.45, 2.75) is 39.5 Å². The molecule has 0 amide bonds. The number of nitrogens with zero attached hydrogens (tertiary/aromatic N) is 2. The van der Waals surface area contributed by atoms with Crippen molar-refractivity contribution in [3.8, 4) is 0 Å². The number of carbonyl (C=O) groups excluding carboxylic acids is 2. The fourth-order valence-corrected chi connectivity index (χ4v) is 1.70. The van der Waals surface area contributed by atoms with E-state index in [1.165, 1.54) is 0 Å². The first kappa shape index (κ1) is 21.8. The maximum Gasteiger partial charge on any atom is 0.205 e. The molecule has 2 rings (SSSR count). The fraction of sp³-hybridized carbons (Fsp3) is 0.714. The molecule has 0 aliphatic carbocycles. The Labute approximate surface area is 142 Å². The van der Waals surface area contributed by atoms with Crippen molar-refractivity contribution in [3.63, 3.8) is 0 Å². The lowest BCUT2D eigenvalue weighted by atomic mass is 10.1. The molecule has 0 radical (unpaired) electrons. The summed E-state index contributed by atoms with van der Waals surface area (Å²) in [4.78, 5) is 28.9. The van der Waals surface area contributed by atoms with Gasteiger partial charge in [0.05, 0.1) is 13.1 Å². The van der Waals surface area contributed by atoms with E-state index in [2.05, 4.69) is 31.5 Å². The van der Waals surface area contributed by atoms with Crippen LogP contribution in [0.5, 0.6) is 0 Å². The number of nitrogens with one attached hydrogen (secondary N) is 4. The number of nitrogens with two attached hydrogens (primary N) is 2. The molecule has 0 spiro atoms.